The van der Waals surface area contributed by atoms with Gasteiger partial charge in [0, 0.05) is 5.41 Å². The minimum absolute atomic E-state index is 0.132. The van der Waals surface area contributed by atoms with E-state index >= 15 is 0 Å². The maximum absolute atomic E-state index is 6.34. The molecule has 0 saturated carbocycles. The Hall–Kier alpha value is -1.48. The molecule has 0 fully saturated rings. The van der Waals surface area contributed by atoms with Crippen LogP contribution in [-0.2, 0) is 5.41 Å². The number of halogens is 1. The highest BCUT2D eigenvalue weighted by atomic mass is 35.5. The van der Waals surface area contributed by atoms with Crippen LogP contribution in [0.5, 0.6) is 0 Å². The molecule has 0 unspecified atom stereocenters. The van der Waals surface area contributed by atoms with Gasteiger partial charge in [0.25, 0.3) is 0 Å². The van der Waals surface area contributed by atoms with Gasteiger partial charge < -0.3 is 5.73 Å². The van der Waals surface area contributed by atoms with Crippen LogP contribution in [0.4, 0.5) is 5.82 Å². The summed E-state index contributed by atoms with van der Waals surface area (Å²) in [7, 11) is 0. The van der Waals surface area contributed by atoms with Crippen molar-refractivity contribution in [1.82, 2.24) is 9.78 Å². The number of hydrogen-bond donors (Lipinski definition) is 1. The highest BCUT2D eigenvalue weighted by Crippen LogP contribution is 2.35. The number of para-hydroxylation sites is 1. The van der Waals surface area contributed by atoms with E-state index < -0.39 is 0 Å². The Morgan fingerprint density at radius 2 is 1.68 bits per heavy atom. The molecule has 0 aliphatic rings. The molecular formula is C15H20ClN3. The van der Waals surface area contributed by atoms with Gasteiger partial charge in [0.05, 0.1) is 11.4 Å². The summed E-state index contributed by atoms with van der Waals surface area (Å²) in [6.45, 7) is 10.3. The summed E-state index contributed by atoms with van der Waals surface area (Å²) in [6, 6.07) is 6.13. The number of hydrogen-bond acceptors (Lipinski definition) is 2. The Labute approximate surface area is 119 Å². The quantitative estimate of drug-likeness (QED) is 0.855. The van der Waals surface area contributed by atoms with E-state index in [0.29, 0.717) is 10.8 Å². The molecule has 0 aliphatic heterocycles. The van der Waals surface area contributed by atoms with Gasteiger partial charge in [-0.3, -0.25) is 0 Å². The Balaban J connectivity index is 2.72. The fourth-order valence-electron chi connectivity index (χ4n) is 2.20. The first-order valence-corrected chi connectivity index (χ1v) is 6.72. The minimum atomic E-state index is -0.132. The monoisotopic (exact) mass is 277 g/mol. The lowest BCUT2D eigenvalue weighted by Crippen LogP contribution is -2.13. The van der Waals surface area contributed by atoms with Crippen LogP contribution in [-0.4, -0.2) is 9.78 Å². The van der Waals surface area contributed by atoms with Gasteiger partial charge in [0.2, 0.25) is 0 Å². The molecule has 19 heavy (non-hydrogen) atoms. The molecule has 0 saturated heterocycles. The van der Waals surface area contributed by atoms with Crippen molar-refractivity contribution in [2.45, 2.75) is 40.0 Å². The van der Waals surface area contributed by atoms with Crippen LogP contribution in [0.3, 0.4) is 0 Å². The molecule has 1 aromatic heterocycles. The Kier molecular flexibility index (Phi) is 3.35. The average molecular weight is 278 g/mol. The first kappa shape index (κ1) is 13.9. The van der Waals surface area contributed by atoms with Crippen molar-refractivity contribution in [3.8, 4) is 5.69 Å². The van der Waals surface area contributed by atoms with E-state index in [2.05, 4.69) is 25.9 Å². The van der Waals surface area contributed by atoms with Gasteiger partial charge in [-0.25, -0.2) is 4.68 Å². The van der Waals surface area contributed by atoms with Crippen LogP contribution >= 0.6 is 11.6 Å². The van der Waals surface area contributed by atoms with Crippen molar-refractivity contribution in [2.24, 2.45) is 0 Å². The molecule has 1 aromatic carbocycles. The normalized spacial score (nSPS) is 11.9. The smallest absolute Gasteiger partial charge is 0.146 e. The van der Waals surface area contributed by atoms with Crippen molar-refractivity contribution < 1.29 is 0 Å². The lowest BCUT2D eigenvalue weighted by molar-refractivity contribution is 0.560. The van der Waals surface area contributed by atoms with Gasteiger partial charge in [0.1, 0.15) is 10.8 Å². The lowest BCUT2D eigenvalue weighted by Gasteiger charge is -2.15. The zero-order valence-corrected chi connectivity index (χ0v) is 12.8. The fraction of sp³-hybridized carbons (Fsp3) is 0.400. The number of anilines is 1. The number of aryl methyl sites for hydroxylation is 2. The predicted octanol–water partition coefficient (Wildman–Crippen LogP) is 4.02. The molecule has 0 spiro atoms. The van der Waals surface area contributed by atoms with E-state index in [-0.39, 0.29) is 5.41 Å². The average Bonchev–Trinajstić information content (AvgIpc) is 2.57. The van der Waals surface area contributed by atoms with Crippen LogP contribution in [0.2, 0.25) is 5.02 Å². The van der Waals surface area contributed by atoms with Crippen molar-refractivity contribution in [3.63, 3.8) is 0 Å². The fourth-order valence-corrected chi connectivity index (χ4v) is 2.60. The topological polar surface area (TPSA) is 43.8 Å². The summed E-state index contributed by atoms with van der Waals surface area (Å²) in [6.07, 6.45) is 0. The Morgan fingerprint density at radius 3 is 2.11 bits per heavy atom. The van der Waals surface area contributed by atoms with E-state index in [1.54, 1.807) is 4.68 Å². The molecule has 2 aromatic rings. The van der Waals surface area contributed by atoms with Crippen LogP contribution < -0.4 is 5.73 Å². The SMILES string of the molecule is Cc1cccc(C)c1-n1nc(C(C)(C)C)c(Cl)c1N. The van der Waals surface area contributed by atoms with Crippen molar-refractivity contribution in [2.75, 3.05) is 5.73 Å². The molecule has 2 N–H and O–H groups in total. The third-order valence-corrected chi connectivity index (χ3v) is 3.60. The zero-order valence-electron chi connectivity index (χ0n) is 12.1. The van der Waals surface area contributed by atoms with E-state index in [4.69, 9.17) is 17.3 Å². The summed E-state index contributed by atoms with van der Waals surface area (Å²) < 4.78 is 1.76. The summed E-state index contributed by atoms with van der Waals surface area (Å²) in [4.78, 5) is 0. The first-order valence-electron chi connectivity index (χ1n) is 6.34. The molecule has 0 bridgehead atoms. The van der Waals surface area contributed by atoms with Crippen LogP contribution in [0, 0.1) is 13.8 Å². The molecule has 0 atom stereocenters. The highest BCUT2D eigenvalue weighted by molar-refractivity contribution is 6.33. The molecule has 102 valence electrons. The second-order valence-corrected chi connectivity index (χ2v) is 6.33. The third-order valence-electron chi connectivity index (χ3n) is 3.22. The van der Waals surface area contributed by atoms with Crippen molar-refractivity contribution >= 4 is 17.4 Å². The van der Waals surface area contributed by atoms with Crippen LogP contribution in [0.1, 0.15) is 37.6 Å². The molecule has 3 nitrogen and oxygen atoms in total. The number of aromatic nitrogens is 2. The van der Waals surface area contributed by atoms with Crippen molar-refractivity contribution in [3.05, 3.63) is 40.0 Å². The van der Waals surface area contributed by atoms with E-state index in [9.17, 15) is 0 Å². The van der Waals surface area contributed by atoms with Gasteiger partial charge in [-0.15, -0.1) is 0 Å². The van der Waals surface area contributed by atoms with E-state index in [0.717, 1.165) is 22.5 Å². The predicted molar refractivity (Wildman–Crippen MR) is 81.2 cm³/mol. The molecule has 0 radical (unpaired) electrons. The van der Waals surface area contributed by atoms with E-state index in [1.807, 2.05) is 32.0 Å². The molecule has 2 rings (SSSR count). The standard InChI is InChI=1S/C15H20ClN3/c1-9-7-6-8-10(2)12(9)19-14(17)11(16)13(18-19)15(3,4)5/h6-8H,17H2,1-5H3. The number of benzene rings is 1. The molecule has 0 aliphatic carbocycles. The first-order chi connectivity index (χ1) is 8.73. The van der Waals surface area contributed by atoms with Crippen LogP contribution in [0.15, 0.2) is 18.2 Å². The van der Waals surface area contributed by atoms with Gasteiger partial charge in [0.15, 0.2) is 0 Å². The Bertz CT molecular complexity index is 601. The second-order valence-electron chi connectivity index (χ2n) is 5.95. The van der Waals surface area contributed by atoms with Gasteiger partial charge in [-0.2, -0.15) is 5.10 Å². The maximum atomic E-state index is 6.34. The number of nitrogen functional groups attached to an aromatic ring is 1. The highest BCUT2D eigenvalue weighted by Gasteiger charge is 2.25. The van der Waals surface area contributed by atoms with Gasteiger partial charge in [-0.05, 0) is 25.0 Å². The van der Waals surface area contributed by atoms with Crippen LogP contribution in [0.25, 0.3) is 5.69 Å². The summed E-state index contributed by atoms with van der Waals surface area (Å²) in [5.41, 5.74) is 10.1. The molecule has 1 heterocycles. The summed E-state index contributed by atoms with van der Waals surface area (Å²) in [5, 5.41) is 5.18. The van der Waals surface area contributed by atoms with Gasteiger partial charge >= 0.3 is 0 Å². The largest absolute Gasteiger partial charge is 0.382 e. The number of rotatable bonds is 1. The van der Waals surface area contributed by atoms with Gasteiger partial charge in [-0.1, -0.05) is 50.6 Å². The minimum Gasteiger partial charge on any atom is -0.382 e. The summed E-state index contributed by atoms with van der Waals surface area (Å²) in [5.74, 6) is 0.504. The molecule has 4 heteroatoms. The molecule has 0 amide bonds. The summed E-state index contributed by atoms with van der Waals surface area (Å²) >= 11 is 6.34. The second kappa shape index (κ2) is 4.57. The third kappa shape index (κ3) is 2.35. The number of nitrogens with zero attached hydrogens (tertiary/aromatic N) is 2. The number of nitrogens with two attached hydrogens (primary N) is 1. The van der Waals surface area contributed by atoms with E-state index in [1.165, 1.54) is 0 Å². The zero-order chi connectivity index (χ0) is 14.4. The Morgan fingerprint density at radius 1 is 1.16 bits per heavy atom. The maximum Gasteiger partial charge on any atom is 0.146 e. The lowest BCUT2D eigenvalue weighted by atomic mass is 9.92. The molecular weight excluding hydrogens is 258 g/mol. The van der Waals surface area contributed by atoms with Crippen molar-refractivity contribution in [1.29, 1.82) is 0 Å².